The van der Waals surface area contributed by atoms with Crippen LogP contribution >= 0.6 is 0 Å². The summed E-state index contributed by atoms with van der Waals surface area (Å²) in [5.74, 6) is -0.223. The maximum atomic E-state index is 12.1. The van der Waals surface area contributed by atoms with Gasteiger partial charge in [-0.05, 0) is 41.3 Å². The molecule has 3 aromatic rings. The minimum atomic E-state index is -0.223. The molecule has 0 atom stereocenters. The molecule has 0 aliphatic carbocycles. The third-order valence-electron chi connectivity index (χ3n) is 3.81. The Labute approximate surface area is 141 Å². The number of hydrazone groups is 1. The summed E-state index contributed by atoms with van der Waals surface area (Å²) in [6.07, 6.45) is 1.66. The van der Waals surface area contributed by atoms with E-state index in [9.17, 15) is 4.79 Å². The van der Waals surface area contributed by atoms with Crippen molar-refractivity contribution in [2.75, 3.05) is 0 Å². The van der Waals surface area contributed by atoms with Gasteiger partial charge in [0.25, 0.3) is 5.91 Å². The van der Waals surface area contributed by atoms with Gasteiger partial charge < -0.3 is 0 Å². The molecule has 0 aliphatic rings. The molecule has 0 aromatic heterocycles. The average molecular weight is 314 g/mol. The van der Waals surface area contributed by atoms with Gasteiger partial charge in [-0.1, -0.05) is 66.7 Å². The number of nitrogens with zero attached hydrogens (tertiary/aromatic N) is 1. The van der Waals surface area contributed by atoms with Gasteiger partial charge in [-0.15, -0.1) is 0 Å². The summed E-state index contributed by atoms with van der Waals surface area (Å²) in [6.45, 7) is 2.01. The summed E-state index contributed by atoms with van der Waals surface area (Å²) in [6, 6.07) is 25.4. The van der Waals surface area contributed by atoms with Gasteiger partial charge in [0.05, 0.1) is 6.21 Å². The maximum Gasteiger partial charge on any atom is 0.271 e. The summed E-state index contributed by atoms with van der Waals surface area (Å²) in [5, 5.41) is 4.03. The van der Waals surface area contributed by atoms with Gasteiger partial charge in [0.2, 0.25) is 0 Å². The van der Waals surface area contributed by atoms with Gasteiger partial charge >= 0.3 is 0 Å². The number of amides is 1. The number of rotatable bonds is 4. The number of nitrogens with one attached hydrogen (secondary N) is 1. The number of hydrogen-bond donors (Lipinski definition) is 1. The monoisotopic (exact) mass is 314 g/mol. The standard InChI is InChI=1S/C21H18N2O/c1-16-7-5-6-10-20(16)15-22-23-21(24)19-13-11-18(12-14-19)17-8-3-2-4-9-17/h2-15H,1H3,(H,23,24)/b22-15+. The number of aryl methyl sites for hydroxylation is 1. The molecule has 0 aliphatic heterocycles. The highest BCUT2D eigenvalue weighted by Gasteiger charge is 2.04. The van der Waals surface area contributed by atoms with Crippen molar-refractivity contribution in [3.8, 4) is 11.1 Å². The van der Waals surface area contributed by atoms with E-state index in [4.69, 9.17) is 0 Å². The minimum absolute atomic E-state index is 0.223. The van der Waals surface area contributed by atoms with Gasteiger partial charge in [-0.3, -0.25) is 4.79 Å². The second-order valence-electron chi connectivity index (χ2n) is 5.50. The molecular formula is C21H18N2O. The fraction of sp³-hybridized carbons (Fsp3) is 0.0476. The molecule has 3 aromatic carbocycles. The number of carbonyl (C=O) groups is 1. The Morgan fingerprint density at radius 3 is 2.17 bits per heavy atom. The quantitative estimate of drug-likeness (QED) is 0.562. The predicted molar refractivity (Wildman–Crippen MR) is 98.1 cm³/mol. The fourth-order valence-corrected chi connectivity index (χ4v) is 2.40. The molecule has 0 radical (unpaired) electrons. The lowest BCUT2D eigenvalue weighted by atomic mass is 10.0. The molecule has 0 spiro atoms. The largest absolute Gasteiger partial charge is 0.271 e. The van der Waals surface area contributed by atoms with Crippen LogP contribution in [0.1, 0.15) is 21.5 Å². The number of carbonyl (C=O) groups excluding carboxylic acids is 1. The lowest BCUT2D eigenvalue weighted by Gasteiger charge is -2.04. The molecule has 1 N–H and O–H groups in total. The molecule has 0 unspecified atom stereocenters. The Balaban J connectivity index is 1.66. The lowest BCUT2D eigenvalue weighted by molar-refractivity contribution is 0.0955. The number of benzene rings is 3. The molecule has 3 rings (SSSR count). The van der Waals surface area contributed by atoms with Gasteiger partial charge in [0.15, 0.2) is 0 Å². The molecule has 3 heteroatoms. The van der Waals surface area contributed by atoms with Crippen molar-refractivity contribution >= 4 is 12.1 Å². The van der Waals surface area contributed by atoms with Gasteiger partial charge in [-0.25, -0.2) is 5.43 Å². The molecule has 24 heavy (non-hydrogen) atoms. The van der Waals surface area contributed by atoms with Crippen LogP contribution in [0.15, 0.2) is 84.0 Å². The summed E-state index contributed by atoms with van der Waals surface area (Å²) >= 11 is 0. The normalized spacial score (nSPS) is 10.7. The molecule has 0 fully saturated rings. The van der Waals surface area contributed by atoms with E-state index in [1.165, 1.54) is 0 Å². The third kappa shape index (κ3) is 3.76. The van der Waals surface area contributed by atoms with Crippen LogP contribution < -0.4 is 5.43 Å². The smallest absolute Gasteiger partial charge is 0.267 e. The second-order valence-corrected chi connectivity index (χ2v) is 5.50. The number of hydrogen-bond acceptors (Lipinski definition) is 2. The first-order valence-corrected chi connectivity index (χ1v) is 7.78. The highest BCUT2D eigenvalue weighted by atomic mass is 16.2. The molecule has 0 saturated carbocycles. The summed E-state index contributed by atoms with van der Waals surface area (Å²) in [5.41, 5.74) is 7.45. The van der Waals surface area contributed by atoms with Gasteiger partial charge in [0, 0.05) is 5.56 Å². The summed E-state index contributed by atoms with van der Waals surface area (Å²) < 4.78 is 0. The van der Waals surface area contributed by atoms with Gasteiger partial charge in [0.1, 0.15) is 0 Å². The molecular weight excluding hydrogens is 296 g/mol. The van der Waals surface area contributed by atoms with E-state index >= 15 is 0 Å². The van der Waals surface area contributed by atoms with Crippen LogP contribution in [0.25, 0.3) is 11.1 Å². The zero-order valence-corrected chi connectivity index (χ0v) is 13.4. The van der Waals surface area contributed by atoms with Crippen molar-refractivity contribution in [3.05, 3.63) is 95.6 Å². The third-order valence-corrected chi connectivity index (χ3v) is 3.81. The Morgan fingerprint density at radius 2 is 1.46 bits per heavy atom. The van der Waals surface area contributed by atoms with Crippen LogP contribution in [0.3, 0.4) is 0 Å². The van der Waals surface area contributed by atoms with Crippen LogP contribution in [-0.4, -0.2) is 12.1 Å². The molecule has 118 valence electrons. The van der Waals surface area contributed by atoms with E-state index in [1.54, 1.807) is 18.3 Å². The molecule has 1 amide bonds. The molecule has 0 saturated heterocycles. The zero-order valence-electron chi connectivity index (χ0n) is 13.4. The van der Waals surface area contributed by atoms with Crippen molar-refractivity contribution in [1.82, 2.24) is 5.43 Å². The SMILES string of the molecule is Cc1ccccc1/C=N/NC(=O)c1ccc(-c2ccccc2)cc1. The fourth-order valence-electron chi connectivity index (χ4n) is 2.40. The van der Waals surface area contributed by atoms with Crippen LogP contribution in [0.5, 0.6) is 0 Å². The Hall–Kier alpha value is -3.20. The van der Waals surface area contributed by atoms with E-state index in [2.05, 4.69) is 10.5 Å². The Kier molecular flexibility index (Phi) is 4.82. The second kappa shape index (κ2) is 7.38. The highest BCUT2D eigenvalue weighted by molar-refractivity contribution is 5.95. The van der Waals surface area contributed by atoms with Crippen molar-refractivity contribution in [2.45, 2.75) is 6.92 Å². The molecule has 0 bridgehead atoms. The van der Waals surface area contributed by atoms with E-state index in [0.29, 0.717) is 5.56 Å². The predicted octanol–water partition coefficient (Wildman–Crippen LogP) is 4.43. The van der Waals surface area contributed by atoms with E-state index < -0.39 is 0 Å². The Bertz CT molecular complexity index is 853. The first-order chi connectivity index (χ1) is 11.7. The van der Waals surface area contributed by atoms with Crippen LogP contribution in [0.2, 0.25) is 0 Å². The summed E-state index contributed by atoms with van der Waals surface area (Å²) in [4.78, 5) is 12.1. The highest BCUT2D eigenvalue weighted by Crippen LogP contribution is 2.19. The zero-order chi connectivity index (χ0) is 16.8. The molecule has 3 nitrogen and oxygen atoms in total. The van der Waals surface area contributed by atoms with Crippen molar-refractivity contribution < 1.29 is 4.79 Å². The van der Waals surface area contributed by atoms with Crippen molar-refractivity contribution in [1.29, 1.82) is 0 Å². The van der Waals surface area contributed by atoms with Crippen LogP contribution in [0.4, 0.5) is 0 Å². The average Bonchev–Trinajstić information content (AvgIpc) is 2.64. The topological polar surface area (TPSA) is 41.5 Å². The van der Waals surface area contributed by atoms with Crippen molar-refractivity contribution in [2.24, 2.45) is 5.10 Å². The maximum absolute atomic E-state index is 12.1. The first kappa shape index (κ1) is 15.7. The van der Waals surface area contributed by atoms with E-state index in [-0.39, 0.29) is 5.91 Å². The molecule has 0 heterocycles. The minimum Gasteiger partial charge on any atom is -0.267 e. The van der Waals surface area contributed by atoms with Crippen LogP contribution in [-0.2, 0) is 0 Å². The van der Waals surface area contributed by atoms with E-state index in [1.807, 2.05) is 73.7 Å². The van der Waals surface area contributed by atoms with Gasteiger partial charge in [-0.2, -0.15) is 5.10 Å². The summed E-state index contributed by atoms with van der Waals surface area (Å²) in [7, 11) is 0. The van der Waals surface area contributed by atoms with Crippen LogP contribution in [0, 0.1) is 6.92 Å². The van der Waals surface area contributed by atoms with E-state index in [0.717, 1.165) is 22.3 Å². The lowest BCUT2D eigenvalue weighted by Crippen LogP contribution is -2.17. The Morgan fingerprint density at radius 1 is 0.833 bits per heavy atom. The first-order valence-electron chi connectivity index (χ1n) is 7.78. The van der Waals surface area contributed by atoms with Crippen molar-refractivity contribution in [3.63, 3.8) is 0 Å².